The number of H-pyrrole nitrogens is 2. The lowest BCUT2D eigenvalue weighted by molar-refractivity contribution is 1.43. The third-order valence-corrected chi connectivity index (χ3v) is 6.88. The first-order chi connectivity index (χ1) is 15.7. The van der Waals surface area contributed by atoms with Gasteiger partial charge in [-0.25, -0.2) is 0 Å². The van der Waals surface area contributed by atoms with Crippen LogP contribution in [-0.4, -0.2) is 9.97 Å². The van der Waals surface area contributed by atoms with Gasteiger partial charge < -0.3 is 9.97 Å². The second kappa shape index (κ2) is 7.80. The van der Waals surface area contributed by atoms with E-state index < -0.39 is 0 Å². The highest BCUT2D eigenvalue weighted by atomic mass is 79.9. The van der Waals surface area contributed by atoms with Gasteiger partial charge in [0.1, 0.15) is 0 Å². The largest absolute Gasteiger partial charge is 0.354 e. The monoisotopic (exact) mass is 540 g/mol. The van der Waals surface area contributed by atoms with Crippen molar-refractivity contribution in [2.75, 3.05) is 0 Å². The predicted molar refractivity (Wildman–Crippen MR) is 142 cm³/mol. The van der Waals surface area contributed by atoms with Crippen molar-refractivity contribution in [3.63, 3.8) is 0 Å². The molecule has 6 rings (SSSR count). The van der Waals surface area contributed by atoms with Crippen LogP contribution >= 0.6 is 31.9 Å². The number of nitrogens with one attached hydrogen (secondary N) is 2. The minimum atomic E-state index is 1.06. The van der Waals surface area contributed by atoms with Crippen molar-refractivity contribution >= 4 is 53.7 Å². The zero-order valence-electron chi connectivity index (χ0n) is 17.0. The van der Waals surface area contributed by atoms with E-state index >= 15 is 0 Å². The lowest BCUT2D eigenvalue weighted by atomic mass is 9.94. The lowest BCUT2D eigenvalue weighted by Gasteiger charge is -2.10. The highest BCUT2D eigenvalue weighted by Gasteiger charge is 2.22. The fraction of sp³-hybridized carbons (Fsp3) is 0. The van der Waals surface area contributed by atoms with Crippen molar-refractivity contribution in [2.24, 2.45) is 0 Å². The van der Waals surface area contributed by atoms with Gasteiger partial charge in [0.25, 0.3) is 0 Å². The van der Waals surface area contributed by atoms with E-state index in [1.54, 1.807) is 0 Å². The average Bonchev–Trinajstić information content (AvgIpc) is 3.37. The Labute approximate surface area is 202 Å². The standard InChI is InChI=1S/C28H18Br2N2/c29-19-9-5-7-17(15-19)27-25(21-11-1-3-13-23(21)31-27)26-22-12-2-4-14-24(22)32-28(26)18-8-6-10-20(30)16-18/h1-16,31-32H. The number of rotatable bonds is 3. The Hall–Kier alpha value is -3.08. The smallest absolute Gasteiger partial charge is 0.0545 e. The molecule has 2 aromatic heterocycles. The highest BCUT2D eigenvalue weighted by Crippen LogP contribution is 2.46. The molecule has 2 nitrogen and oxygen atoms in total. The van der Waals surface area contributed by atoms with Crippen LogP contribution in [0, 0.1) is 0 Å². The molecule has 32 heavy (non-hydrogen) atoms. The Balaban J connectivity index is 1.76. The van der Waals surface area contributed by atoms with Crippen LogP contribution in [0.25, 0.3) is 55.4 Å². The van der Waals surface area contributed by atoms with Crippen molar-refractivity contribution in [1.29, 1.82) is 0 Å². The first-order valence-corrected chi connectivity index (χ1v) is 12.0. The molecular weight excluding hydrogens is 524 g/mol. The number of hydrogen-bond acceptors (Lipinski definition) is 0. The molecule has 0 aliphatic rings. The van der Waals surface area contributed by atoms with Crippen LogP contribution in [0.4, 0.5) is 0 Å². The zero-order valence-corrected chi connectivity index (χ0v) is 20.2. The van der Waals surface area contributed by atoms with Gasteiger partial charge in [-0.2, -0.15) is 0 Å². The molecule has 0 aliphatic heterocycles. The SMILES string of the molecule is Brc1cccc(-c2[nH]c3ccccc3c2-c2c(-c3cccc(Br)c3)[nH]c3ccccc23)c1. The predicted octanol–water partition coefficient (Wildman–Crippen LogP) is 9.18. The summed E-state index contributed by atoms with van der Waals surface area (Å²) < 4.78 is 2.12. The number of aromatic nitrogens is 2. The van der Waals surface area contributed by atoms with Gasteiger partial charge in [0.05, 0.1) is 11.4 Å². The van der Waals surface area contributed by atoms with Crippen LogP contribution < -0.4 is 0 Å². The second-order valence-electron chi connectivity index (χ2n) is 7.86. The van der Waals surface area contributed by atoms with Crippen LogP contribution in [-0.2, 0) is 0 Å². The molecule has 0 aliphatic carbocycles. The number of para-hydroxylation sites is 2. The number of aromatic amines is 2. The van der Waals surface area contributed by atoms with Crippen LogP contribution in [0.1, 0.15) is 0 Å². The van der Waals surface area contributed by atoms with Gasteiger partial charge >= 0.3 is 0 Å². The molecule has 2 N–H and O–H groups in total. The van der Waals surface area contributed by atoms with Crippen LogP contribution in [0.5, 0.6) is 0 Å². The number of fused-ring (bicyclic) bond motifs is 2. The van der Waals surface area contributed by atoms with E-state index in [-0.39, 0.29) is 0 Å². The zero-order chi connectivity index (χ0) is 21.7. The normalized spacial score (nSPS) is 11.4. The molecule has 0 bridgehead atoms. The molecule has 2 heterocycles. The van der Waals surface area contributed by atoms with Crippen molar-refractivity contribution in [3.8, 4) is 33.6 Å². The molecule has 4 heteroatoms. The molecule has 0 unspecified atom stereocenters. The van der Waals surface area contributed by atoms with E-state index in [4.69, 9.17) is 0 Å². The minimum Gasteiger partial charge on any atom is -0.354 e. The lowest BCUT2D eigenvalue weighted by Crippen LogP contribution is -1.86. The molecule has 4 aromatic carbocycles. The van der Waals surface area contributed by atoms with Gasteiger partial charge in [-0.15, -0.1) is 0 Å². The Morgan fingerprint density at radius 1 is 0.469 bits per heavy atom. The number of benzene rings is 4. The molecule has 0 saturated carbocycles. The molecule has 0 atom stereocenters. The van der Waals surface area contributed by atoms with E-state index in [0.29, 0.717) is 0 Å². The summed E-state index contributed by atoms with van der Waals surface area (Å²) in [6, 6.07) is 34.0. The molecule has 0 saturated heterocycles. The van der Waals surface area contributed by atoms with E-state index in [1.165, 1.54) is 21.9 Å². The summed E-state index contributed by atoms with van der Waals surface area (Å²) in [6.07, 6.45) is 0. The Morgan fingerprint density at radius 2 is 0.906 bits per heavy atom. The van der Waals surface area contributed by atoms with Crippen molar-refractivity contribution < 1.29 is 0 Å². The topological polar surface area (TPSA) is 31.6 Å². The van der Waals surface area contributed by atoms with Crippen LogP contribution in [0.15, 0.2) is 106 Å². The second-order valence-corrected chi connectivity index (χ2v) is 9.69. The van der Waals surface area contributed by atoms with Gasteiger partial charge in [0, 0.05) is 41.9 Å². The number of halogens is 2. The van der Waals surface area contributed by atoms with Gasteiger partial charge in [-0.1, -0.05) is 92.5 Å². The first kappa shape index (κ1) is 19.6. The summed E-state index contributed by atoms with van der Waals surface area (Å²) in [5, 5.41) is 2.42. The maximum Gasteiger partial charge on any atom is 0.0545 e. The summed E-state index contributed by atoms with van der Waals surface area (Å²) in [4.78, 5) is 7.41. The van der Waals surface area contributed by atoms with Crippen molar-refractivity contribution in [2.45, 2.75) is 0 Å². The Morgan fingerprint density at radius 3 is 1.34 bits per heavy atom. The molecular formula is C28H18Br2N2. The summed E-state index contributed by atoms with van der Waals surface area (Å²) in [5.74, 6) is 0. The first-order valence-electron chi connectivity index (χ1n) is 10.4. The third kappa shape index (κ3) is 3.22. The van der Waals surface area contributed by atoms with Crippen molar-refractivity contribution in [3.05, 3.63) is 106 Å². The quantitative estimate of drug-likeness (QED) is 0.224. The Bertz CT molecular complexity index is 1490. The Kier molecular flexibility index (Phi) is 4.78. The molecule has 0 fully saturated rings. The summed E-state index contributed by atoms with van der Waals surface area (Å²) >= 11 is 7.30. The summed E-state index contributed by atoms with van der Waals surface area (Å²) in [7, 11) is 0. The maximum absolute atomic E-state index is 3.71. The van der Waals surface area contributed by atoms with Gasteiger partial charge in [0.2, 0.25) is 0 Å². The van der Waals surface area contributed by atoms with E-state index in [2.05, 4.69) is 139 Å². The molecule has 154 valence electrons. The van der Waals surface area contributed by atoms with Gasteiger partial charge in [0.15, 0.2) is 0 Å². The fourth-order valence-corrected chi connectivity index (χ4v) is 5.32. The molecule has 0 amide bonds. The third-order valence-electron chi connectivity index (χ3n) is 5.89. The summed E-state index contributed by atoms with van der Waals surface area (Å²) in [6.45, 7) is 0. The molecule has 0 radical (unpaired) electrons. The summed E-state index contributed by atoms with van der Waals surface area (Å²) in [5.41, 5.74) is 9.22. The van der Waals surface area contributed by atoms with Crippen LogP contribution in [0.3, 0.4) is 0 Å². The average molecular weight is 542 g/mol. The minimum absolute atomic E-state index is 1.06. The molecule has 0 spiro atoms. The van der Waals surface area contributed by atoms with Gasteiger partial charge in [-0.05, 0) is 47.5 Å². The maximum atomic E-state index is 3.71. The number of hydrogen-bond donors (Lipinski definition) is 2. The molecule has 6 aromatic rings. The van der Waals surface area contributed by atoms with Gasteiger partial charge in [-0.3, -0.25) is 0 Å². The van der Waals surface area contributed by atoms with E-state index in [0.717, 1.165) is 42.5 Å². The van der Waals surface area contributed by atoms with E-state index in [9.17, 15) is 0 Å². The van der Waals surface area contributed by atoms with E-state index in [1.807, 2.05) is 0 Å². The fourth-order valence-electron chi connectivity index (χ4n) is 4.52. The van der Waals surface area contributed by atoms with Crippen LogP contribution in [0.2, 0.25) is 0 Å². The van der Waals surface area contributed by atoms with Crippen molar-refractivity contribution in [1.82, 2.24) is 9.97 Å². The highest BCUT2D eigenvalue weighted by molar-refractivity contribution is 9.10.